The van der Waals surface area contributed by atoms with Gasteiger partial charge in [0.25, 0.3) is 5.91 Å². The van der Waals surface area contributed by atoms with Gasteiger partial charge in [-0.2, -0.15) is 0 Å². The number of amides is 2. The molecule has 12 nitrogen and oxygen atoms in total. The number of rotatable bonds is 7. The van der Waals surface area contributed by atoms with E-state index < -0.39 is 11.9 Å². The van der Waals surface area contributed by atoms with Crippen LogP contribution in [-0.2, 0) is 16.0 Å². The van der Waals surface area contributed by atoms with Gasteiger partial charge < -0.3 is 29.3 Å². The van der Waals surface area contributed by atoms with E-state index in [1.807, 2.05) is 29.2 Å². The monoisotopic (exact) mass is 619 g/mol. The summed E-state index contributed by atoms with van der Waals surface area (Å²) in [6, 6.07) is 9.97. The Hall–Kier alpha value is -4.03. The van der Waals surface area contributed by atoms with Crippen molar-refractivity contribution in [1.29, 1.82) is 0 Å². The predicted octanol–water partition coefficient (Wildman–Crippen LogP) is 3.01. The number of para-hydroxylation sites is 2. The summed E-state index contributed by atoms with van der Waals surface area (Å²) >= 11 is 0. The van der Waals surface area contributed by atoms with Crippen LogP contribution in [0.1, 0.15) is 49.2 Å². The third-order valence-electron chi connectivity index (χ3n) is 8.39. The molecule has 2 aromatic heterocycles. The van der Waals surface area contributed by atoms with Crippen LogP contribution in [0.2, 0.25) is 0 Å². The molecule has 1 fully saturated rings. The Kier molecular flexibility index (Phi) is 11.4. The maximum absolute atomic E-state index is 14.0. The van der Waals surface area contributed by atoms with E-state index in [0.29, 0.717) is 49.6 Å². The first kappa shape index (κ1) is 32.4. The van der Waals surface area contributed by atoms with E-state index in [0.717, 1.165) is 44.6 Å². The maximum Gasteiger partial charge on any atom is 0.257 e. The standard InChI is InChI=1S/C33H45N7O5/c1-24(2)10-14-38-17-18-44-19-20-45-32-27(7-6-13-34-32)31(41)35-28(33(42)39-15-11-25(22-38)12-16-39)21-26-23-40(37-36-26)29-8-4-5-9-30(29)43-3/h4-9,13,23-25,28H,10-12,14-22H2,1-3H3,(H,35,41)/t28-/m1/s1. The van der Waals surface area contributed by atoms with Gasteiger partial charge >= 0.3 is 0 Å². The van der Waals surface area contributed by atoms with E-state index >= 15 is 0 Å². The molecule has 0 saturated carbocycles. The fourth-order valence-electron chi connectivity index (χ4n) is 5.80. The summed E-state index contributed by atoms with van der Waals surface area (Å²) < 4.78 is 18.9. The molecule has 1 N–H and O–H groups in total. The number of nitrogens with zero attached hydrogens (tertiary/aromatic N) is 6. The molecule has 0 radical (unpaired) electrons. The molecular formula is C33H45N7O5. The average Bonchev–Trinajstić information content (AvgIpc) is 3.52. The minimum Gasteiger partial charge on any atom is -0.494 e. The first-order chi connectivity index (χ1) is 21.9. The van der Waals surface area contributed by atoms with Crippen molar-refractivity contribution in [2.45, 2.75) is 45.6 Å². The minimum atomic E-state index is -0.852. The van der Waals surface area contributed by atoms with Crippen LogP contribution >= 0.6 is 0 Å². The molecule has 3 aromatic rings. The van der Waals surface area contributed by atoms with Crippen LogP contribution in [0.3, 0.4) is 0 Å². The molecule has 6 rings (SSSR count). The van der Waals surface area contributed by atoms with Gasteiger partial charge in [0.1, 0.15) is 29.6 Å². The van der Waals surface area contributed by atoms with E-state index in [1.54, 1.807) is 36.3 Å². The Morgan fingerprint density at radius 3 is 2.67 bits per heavy atom. The van der Waals surface area contributed by atoms with E-state index in [4.69, 9.17) is 14.2 Å². The van der Waals surface area contributed by atoms with Crippen molar-refractivity contribution in [3.8, 4) is 17.3 Å². The number of piperidine rings is 1. The summed E-state index contributed by atoms with van der Waals surface area (Å²) in [5.74, 6) is 1.40. The highest BCUT2D eigenvalue weighted by Gasteiger charge is 2.32. The number of hydrogen-bond donors (Lipinski definition) is 1. The zero-order valence-corrected chi connectivity index (χ0v) is 26.6. The molecule has 3 aliphatic heterocycles. The number of carbonyl (C=O) groups excluding carboxylic acids is 2. The Balaban J connectivity index is 1.37. The number of methoxy groups -OCH3 is 1. The zero-order valence-electron chi connectivity index (χ0n) is 26.6. The SMILES string of the molecule is COc1ccccc1-n1cc(C[C@H]2NC(=O)c3cccnc3OCCOCCN(CCC(C)C)CC3CCN(CC3)C2=O)nn1. The second kappa shape index (κ2) is 15.8. The number of hydrogen-bond acceptors (Lipinski definition) is 9. The van der Waals surface area contributed by atoms with Gasteiger partial charge in [-0.05, 0) is 61.9 Å². The highest BCUT2D eigenvalue weighted by molar-refractivity contribution is 5.99. The summed E-state index contributed by atoms with van der Waals surface area (Å²) in [6.07, 6.45) is 6.47. The van der Waals surface area contributed by atoms with Crippen LogP contribution < -0.4 is 14.8 Å². The van der Waals surface area contributed by atoms with Crippen LogP contribution in [0, 0.1) is 11.8 Å². The number of carbonyl (C=O) groups is 2. The number of fused-ring (bicyclic) bond motifs is 12. The molecule has 0 aliphatic carbocycles. The van der Waals surface area contributed by atoms with E-state index in [-0.39, 0.29) is 30.4 Å². The molecule has 242 valence electrons. The molecule has 45 heavy (non-hydrogen) atoms. The number of aromatic nitrogens is 4. The van der Waals surface area contributed by atoms with Crippen molar-refractivity contribution in [3.05, 3.63) is 60.0 Å². The van der Waals surface area contributed by atoms with Crippen LogP contribution in [-0.4, -0.2) is 107 Å². The smallest absolute Gasteiger partial charge is 0.257 e. The second-order valence-corrected chi connectivity index (χ2v) is 12.1. The quantitative estimate of drug-likeness (QED) is 0.398. The van der Waals surface area contributed by atoms with Crippen molar-refractivity contribution in [2.24, 2.45) is 11.8 Å². The van der Waals surface area contributed by atoms with Gasteiger partial charge in [-0.25, -0.2) is 9.67 Å². The van der Waals surface area contributed by atoms with Crippen molar-refractivity contribution in [3.63, 3.8) is 0 Å². The molecule has 2 amide bonds. The van der Waals surface area contributed by atoms with E-state index in [9.17, 15) is 9.59 Å². The van der Waals surface area contributed by atoms with Crippen LogP contribution in [0.25, 0.3) is 5.69 Å². The lowest BCUT2D eigenvalue weighted by atomic mass is 9.95. The molecule has 5 heterocycles. The van der Waals surface area contributed by atoms with Gasteiger partial charge in [-0.3, -0.25) is 9.59 Å². The molecule has 1 atom stereocenters. The molecular weight excluding hydrogens is 574 g/mol. The largest absolute Gasteiger partial charge is 0.494 e. The number of ether oxygens (including phenoxy) is 3. The molecule has 3 aliphatic rings. The second-order valence-electron chi connectivity index (χ2n) is 12.1. The highest BCUT2D eigenvalue weighted by Crippen LogP contribution is 2.23. The summed E-state index contributed by atoms with van der Waals surface area (Å²) in [5, 5.41) is 11.6. The van der Waals surface area contributed by atoms with Gasteiger partial charge in [0.05, 0.1) is 32.2 Å². The lowest BCUT2D eigenvalue weighted by Gasteiger charge is -2.36. The third kappa shape index (κ3) is 8.79. The molecule has 0 unspecified atom stereocenters. The van der Waals surface area contributed by atoms with Crippen LogP contribution in [0.4, 0.5) is 0 Å². The lowest BCUT2D eigenvalue weighted by molar-refractivity contribution is -0.134. The van der Waals surface area contributed by atoms with Gasteiger partial charge in [-0.15, -0.1) is 5.10 Å². The molecule has 12 heteroatoms. The summed E-state index contributed by atoms with van der Waals surface area (Å²) in [6.45, 7) is 9.89. The van der Waals surface area contributed by atoms with Gasteiger partial charge in [0.2, 0.25) is 11.8 Å². The van der Waals surface area contributed by atoms with E-state index in [2.05, 4.69) is 39.4 Å². The topological polar surface area (TPSA) is 124 Å². The van der Waals surface area contributed by atoms with Crippen molar-refractivity contribution in [1.82, 2.24) is 35.1 Å². The van der Waals surface area contributed by atoms with E-state index in [1.165, 1.54) is 0 Å². The Labute approximate surface area is 265 Å². The zero-order chi connectivity index (χ0) is 31.6. The fourth-order valence-corrected chi connectivity index (χ4v) is 5.80. The van der Waals surface area contributed by atoms with Gasteiger partial charge in [0, 0.05) is 38.8 Å². The average molecular weight is 620 g/mol. The predicted molar refractivity (Wildman–Crippen MR) is 169 cm³/mol. The van der Waals surface area contributed by atoms with Crippen molar-refractivity contribution in [2.75, 3.05) is 59.7 Å². The third-order valence-corrected chi connectivity index (χ3v) is 8.39. The Bertz CT molecular complexity index is 1410. The van der Waals surface area contributed by atoms with Crippen LogP contribution in [0.5, 0.6) is 11.6 Å². The number of nitrogens with one attached hydrogen (secondary N) is 1. The van der Waals surface area contributed by atoms with Gasteiger partial charge in [0.15, 0.2) is 0 Å². The Morgan fingerprint density at radius 1 is 1.04 bits per heavy atom. The molecule has 2 bridgehead atoms. The first-order valence-corrected chi connectivity index (χ1v) is 15.9. The van der Waals surface area contributed by atoms with Crippen LogP contribution in [0.15, 0.2) is 48.8 Å². The molecule has 0 spiro atoms. The Morgan fingerprint density at radius 2 is 1.87 bits per heavy atom. The minimum absolute atomic E-state index is 0.133. The number of pyridine rings is 1. The fraction of sp³-hybridized carbons (Fsp3) is 0.545. The van der Waals surface area contributed by atoms with Gasteiger partial charge in [-0.1, -0.05) is 31.2 Å². The number of benzene rings is 1. The highest BCUT2D eigenvalue weighted by atomic mass is 16.5. The normalized spacial score (nSPS) is 20.7. The van der Waals surface area contributed by atoms with Crippen molar-refractivity contribution < 1.29 is 23.8 Å². The first-order valence-electron chi connectivity index (χ1n) is 15.9. The summed E-state index contributed by atoms with van der Waals surface area (Å²) in [4.78, 5) is 36.3. The summed E-state index contributed by atoms with van der Waals surface area (Å²) in [5.41, 5.74) is 1.55. The maximum atomic E-state index is 14.0. The molecule has 1 saturated heterocycles. The summed E-state index contributed by atoms with van der Waals surface area (Å²) in [7, 11) is 1.60. The lowest BCUT2D eigenvalue weighted by Crippen LogP contribution is -2.52. The van der Waals surface area contributed by atoms with Crippen molar-refractivity contribution >= 4 is 11.8 Å². The molecule has 1 aromatic carbocycles.